The molecule has 6 heteroatoms. The smallest absolute Gasteiger partial charge is 0.257 e. The first-order valence-electron chi connectivity index (χ1n) is 7.55. The maximum atomic E-state index is 12.1. The summed E-state index contributed by atoms with van der Waals surface area (Å²) in [4.78, 5) is 23.2. The van der Waals surface area contributed by atoms with Gasteiger partial charge in [-0.3, -0.25) is 9.59 Å². The Balaban J connectivity index is 1.87. The predicted octanol–water partition coefficient (Wildman–Crippen LogP) is 3.04. The zero-order valence-electron chi connectivity index (χ0n) is 13.3. The number of rotatable bonds is 7. The predicted molar refractivity (Wildman–Crippen MR) is 94.4 cm³/mol. The largest absolute Gasteiger partial charge is 0.484 e. The standard InChI is InChI=1S/C18H19ClN2O3/c1-20-18(23)12-24-15-7-4-6-14(11-15)21-17(22)10-9-13-5-2-3-8-16(13)19/h2-8,11H,9-10,12H2,1H3,(H,20,23)(H,21,22). The summed E-state index contributed by atoms with van der Waals surface area (Å²) in [5.41, 5.74) is 1.56. The maximum Gasteiger partial charge on any atom is 0.257 e. The van der Waals surface area contributed by atoms with E-state index in [1.807, 2.05) is 24.3 Å². The lowest BCUT2D eigenvalue weighted by atomic mass is 10.1. The number of nitrogens with one attached hydrogen (secondary N) is 2. The lowest BCUT2D eigenvalue weighted by Crippen LogP contribution is -2.24. The molecule has 0 aliphatic carbocycles. The van der Waals surface area contributed by atoms with E-state index < -0.39 is 0 Å². The summed E-state index contributed by atoms with van der Waals surface area (Å²) in [7, 11) is 1.54. The SMILES string of the molecule is CNC(=O)COc1cccc(NC(=O)CCc2ccccc2Cl)c1. The molecule has 2 N–H and O–H groups in total. The molecule has 126 valence electrons. The number of anilines is 1. The molecule has 0 fully saturated rings. The number of hydrogen-bond acceptors (Lipinski definition) is 3. The molecule has 0 bridgehead atoms. The van der Waals surface area contributed by atoms with Gasteiger partial charge in [-0.2, -0.15) is 0 Å². The number of halogens is 1. The van der Waals surface area contributed by atoms with Gasteiger partial charge >= 0.3 is 0 Å². The van der Waals surface area contributed by atoms with E-state index in [0.717, 1.165) is 5.56 Å². The third kappa shape index (κ3) is 5.59. The van der Waals surface area contributed by atoms with Gasteiger partial charge in [0.1, 0.15) is 5.75 Å². The normalized spacial score (nSPS) is 10.1. The Morgan fingerprint density at radius 1 is 1.08 bits per heavy atom. The average Bonchev–Trinajstić information content (AvgIpc) is 2.59. The van der Waals surface area contributed by atoms with E-state index in [1.54, 1.807) is 31.3 Å². The second kappa shape index (κ2) is 8.93. The van der Waals surface area contributed by atoms with Crippen molar-refractivity contribution in [2.45, 2.75) is 12.8 Å². The van der Waals surface area contributed by atoms with Gasteiger partial charge in [0.25, 0.3) is 5.91 Å². The Labute approximate surface area is 146 Å². The minimum absolute atomic E-state index is 0.0690. The molecule has 0 saturated heterocycles. The molecule has 2 aromatic rings. The zero-order valence-corrected chi connectivity index (χ0v) is 14.1. The van der Waals surface area contributed by atoms with Crippen molar-refractivity contribution in [3.8, 4) is 5.75 Å². The number of carbonyl (C=O) groups is 2. The molecule has 24 heavy (non-hydrogen) atoms. The lowest BCUT2D eigenvalue weighted by molar-refractivity contribution is -0.122. The number of amides is 2. The molecule has 2 rings (SSSR count). The minimum atomic E-state index is -0.218. The molecule has 0 saturated carbocycles. The van der Waals surface area contributed by atoms with E-state index in [4.69, 9.17) is 16.3 Å². The van der Waals surface area contributed by atoms with Crippen LogP contribution in [0.3, 0.4) is 0 Å². The van der Waals surface area contributed by atoms with Crippen LogP contribution in [-0.2, 0) is 16.0 Å². The fourth-order valence-corrected chi connectivity index (χ4v) is 2.29. The second-order valence-electron chi connectivity index (χ2n) is 5.13. The maximum absolute atomic E-state index is 12.1. The summed E-state index contributed by atoms with van der Waals surface area (Å²) >= 11 is 6.08. The van der Waals surface area contributed by atoms with Crippen LogP contribution < -0.4 is 15.4 Å². The molecule has 0 heterocycles. The minimum Gasteiger partial charge on any atom is -0.484 e. The second-order valence-corrected chi connectivity index (χ2v) is 5.54. The fraction of sp³-hybridized carbons (Fsp3) is 0.222. The van der Waals surface area contributed by atoms with Crippen LogP contribution in [-0.4, -0.2) is 25.5 Å². The van der Waals surface area contributed by atoms with Gasteiger partial charge < -0.3 is 15.4 Å². The van der Waals surface area contributed by atoms with E-state index in [9.17, 15) is 9.59 Å². The van der Waals surface area contributed by atoms with Crippen LogP contribution in [0.2, 0.25) is 5.02 Å². The van der Waals surface area contributed by atoms with Gasteiger partial charge in [-0.05, 0) is 30.2 Å². The van der Waals surface area contributed by atoms with Gasteiger partial charge in [0.05, 0.1) is 0 Å². The van der Waals surface area contributed by atoms with Gasteiger partial charge in [0.15, 0.2) is 6.61 Å². The van der Waals surface area contributed by atoms with Gasteiger partial charge in [0.2, 0.25) is 5.91 Å². The summed E-state index contributed by atoms with van der Waals surface area (Å²) in [5.74, 6) is 0.185. The van der Waals surface area contributed by atoms with Crippen molar-refractivity contribution in [1.82, 2.24) is 5.32 Å². The molecule has 0 atom stereocenters. The highest BCUT2D eigenvalue weighted by molar-refractivity contribution is 6.31. The van der Waals surface area contributed by atoms with Crippen molar-refractivity contribution in [2.75, 3.05) is 19.0 Å². The number of hydrogen-bond donors (Lipinski definition) is 2. The third-order valence-corrected chi connectivity index (χ3v) is 3.71. The average molecular weight is 347 g/mol. The van der Waals surface area contributed by atoms with Crippen LogP contribution in [0.4, 0.5) is 5.69 Å². The number of ether oxygens (including phenoxy) is 1. The molecule has 0 aromatic heterocycles. The number of likely N-dealkylation sites (N-methyl/N-ethyl adjacent to an activating group) is 1. The van der Waals surface area contributed by atoms with Gasteiger partial charge in [-0.15, -0.1) is 0 Å². The summed E-state index contributed by atoms with van der Waals surface area (Å²) in [6.07, 6.45) is 0.894. The summed E-state index contributed by atoms with van der Waals surface area (Å²) < 4.78 is 5.35. The van der Waals surface area contributed by atoms with Crippen molar-refractivity contribution in [1.29, 1.82) is 0 Å². The summed E-state index contributed by atoms with van der Waals surface area (Å²) in [6.45, 7) is -0.0690. The van der Waals surface area contributed by atoms with Gasteiger partial charge in [0, 0.05) is 30.2 Å². The molecule has 5 nitrogen and oxygen atoms in total. The van der Waals surface area contributed by atoms with Crippen LogP contribution in [0.1, 0.15) is 12.0 Å². The summed E-state index contributed by atoms with van der Waals surface area (Å²) in [6, 6.07) is 14.4. The quantitative estimate of drug-likeness (QED) is 0.809. The van der Waals surface area contributed by atoms with Crippen molar-refractivity contribution in [3.63, 3.8) is 0 Å². The van der Waals surface area contributed by atoms with Crippen LogP contribution in [0.25, 0.3) is 0 Å². The van der Waals surface area contributed by atoms with E-state index >= 15 is 0 Å². The molecule has 2 amide bonds. The molecule has 0 aliphatic rings. The molecule has 0 radical (unpaired) electrons. The Kier molecular flexibility index (Phi) is 6.63. The molecule has 0 aliphatic heterocycles. The van der Waals surface area contributed by atoms with Crippen molar-refractivity contribution in [2.24, 2.45) is 0 Å². The molecule has 0 spiro atoms. The first kappa shape index (κ1) is 17.8. The van der Waals surface area contributed by atoms with Crippen molar-refractivity contribution >= 4 is 29.1 Å². The van der Waals surface area contributed by atoms with Crippen molar-refractivity contribution < 1.29 is 14.3 Å². The van der Waals surface area contributed by atoms with Crippen LogP contribution in [0.5, 0.6) is 5.75 Å². The van der Waals surface area contributed by atoms with Crippen LogP contribution >= 0.6 is 11.6 Å². The molecular formula is C18H19ClN2O3. The van der Waals surface area contributed by atoms with Crippen molar-refractivity contribution in [3.05, 3.63) is 59.1 Å². The van der Waals surface area contributed by atoms with Crippen LogP contribution in [0, 0.1) is 0 Å². The topological polar surface area (TPSA) is 67.4 Å². The van der Waals surface area contributed by atoms with Crippen LogP contribution in [0.15, 0.2) is 48.5 Å². The Morgan fingerprint density at radius 2 is 1.88 bits per heavy atom. The van der Waals surface area contributed by atoms with E-state index in [2.05, 4.69) is 10.6 Å². The Bertz CT molecular complexity index is 719. The monoisotopic (exact) mass is 346 g/mol. The third-order valence-electron chi connectivity index (χ3n) is 3.35. The van der Waals surface area contributed by atoms with E-state index in [-0.39, 0.29) is 18.4 Å². The number of aryl methyl sites for hydroxylation is 1. The highest BCUT2D eigenvalue weighted by Gasteiger charge is 2.07. The first-order valence-corrected chi connectivity index (χ1v) is 7.93. The summed E-state index contributed by atoms with van der Waals surface area (Å²) in [5, 5.41) is 5.95. The highest BCUT2D eigenvalue weighted by Crippen LogP contribution is 2.19. The first-order chi connectivity index (χ1) is 11.6. The Morgan fingerprint density at radius 3 is 2.62 bits per heavy atom. The van der Waals surface area contributed by atoms with Gasteiger partial charge in [-0.25, -0.2) is 0 Å². The molecule has 2 aromatic carbocycles. The van der Waals surface area contributed by atoms with E-state index in [0.29, 0.717) is 29.3 Å². The lowest BCUT2D eigenvalue weighted by Gasteiger charge is -2.09. The Hall–Kier alpha value is -2.53. The zero-order chi connectivity index (χ0) is 17.4. The fourth-order valence-electron chi connectivity index (χ4n) is 2.06. The molecule has 0 unspecified atom stereocenters. The highest BCUT2D eigenvalue weighted by atomic mass is 35.5. The number of carbonyl (C=O) groups excluding carboxylic acids is 2. The number of benzene rings is 2. The molecular weight excluding hydrogens is 328 g/mol. The van der Waals surface area contributed by atoms with Gasteiger partial charge in [-0.1, -0.05) is 35.9 Å². The van der Waals surface area contributed by atoms with E-state index in [1.165, 1.54) is 0 Å².